The maximum Gasteiger partial charge on any atom is 0.201 e. The Morgan fingerprint density at radius 1 is 1.19 bits per heavy atom. The summed E-state index contributed by atoms with van der Waals surface area (Å²) in [4.78, 5) is 4.38. The summed E-state index contributed by atoms with van der Waals surface area (Å²) >= 11 is 0. The fourth-order valence-electron chi connectivity index (χ4n) is 2.67. The van der Waals surface area contributed by atoms with Crippen molar-refractivity contribution in [1.29, 1.82) is 0 Å². The molecule has 1 aliphatic rings. The van der Waals surface area contributed by atoms with E-state index < -0.39 is 0 Å². The Labute approximate surface area is 94.3 Å². The first-order valence-electron chi connectivity index (χ1n) is 5.78. The molecular weight excluding hydrogens is 200 g/mol. The molecule has 4 nitrogen and oxygen atoms in total. The van der Waals surface area contributed by atoms with E-state index in [4.69, 9.17) is 11.5 Å². The molecule has 0 spiro atoms. The number of nitrogen functional groups attached to an aromatic ring is 2. The number of imidazole rings is 1. The van der Waals surface area contributed by atoms with Crippen molar-refractivity contribution < 1.29 is 0 Å². The van der Waals surface area contributed by atoms with E-state index in [-0.39, 0.29) is 0 Å². The van der Waals surface area contributed by atoms with Gasteiger partial charge in [0.25, 0.3) is 0 Å². The van der Waals surface area contributed by atoms with E-state index in [1.807, 2.05) is 18.2 Å². The standard InChI is InChI=1S/C12H16N4/c13-8-5-6-10-11(7-8)16(12(14)15-10)9-3-1-2-4-9/h5-7,9H,1-4,13H2,(H2,14,15). The number of fused-ring (bicyclic) bond motifs is 1. The van der Waals surface area contributed by atoms with E-state index >= 15 is 0 Å². The second kappa shape index (κ2) is 3.40. The van der Waals surface area contributed by atoms with Gasteiger partial charge in [-0.1, -0.05) is 12.8 Å². The topological polar surface area (TPSA) is 69.9 Å². The molecule has 0 atom stereocenters. The molecule has 1 saturated carbocycles. The van der Waals surface area contributed by atoms with Crippen molar-refractivity contribution in [2.75, 3.05) is 11.5 Å². The first kappa shape index (κ1) is 9.51. The van der Waals surface area contributed by atoms with Gasteiger partial charge in [0.2, 0.25) is 5.95 Å². The molecule has 0 bridgehead atoms. The molecule has 1 aromatic heterocycles. The van der Waals surface area contributed by atoms with E-state index in [0.717, 1.165) is 16.7 Å². The highest BCUT2D eigenvalue weighted by molar-refractivity contribution is 5.81. The van der Waals surface area contributed by atoms with Gasteiger partial charge in [-0.05, 0) is 31.0 Å². The fourth-order valence-corrected chi connectivity index (χ4v) is 2.67. The molecule has 1 fully saturated rings. The molecule has 16 heavy (non-hydrogen) atoms. The Hall–Kier alpha value is -1.71. The van der Waals surface area contributed by atoms with Gasteiger partial charge in [-0.25, -0.2) is 4.98 Å². The molecule has 0 amide bonds. The molecule has 1 aliphatic carbocycles. The average molecular weight is 216 g/mol. The molecular formula is C12H16N4. The van der Waals surface area contributed by atoms with Crippen LogP contribution in [0.25, 0.3) is 11.0 Å². The molecule has 0 aliphatic heterocycles. The second-order valence-electron chi connectivity index (χ2n) is 4.53. The zero-order valence-electron chi connectivity index (χ0n) is 9.19. The van der Waals surface area contributed by atoms with Gasteiger partial charge in [0.15, 0.2) is 0 Å². The normalized spacial score (nSPS) is 17.2. The maximum absolute atomic E-state index is 5.99. The smallest absolute Gasteiger partial charge is 0.201 e. The predicted octanol–water partition coefficient (Wildman–Crippen LogP) is 2.32. The van der Waals surface area contributed by atoms with Gasteiger partial charge in [-0.3, -0.25) is 0 Å². The summed E-state index contributed by atoms with van der Waals surface area (Å²) in [5.74, 6) is 0.618. The number of nitrogens with two attached hydrogens (primary N) is 2. The lowest BCUT2D eigenvalue weighted by Gasteiger charge is -2.14. The van der Waals surface area contributed by atoms with E-state index in [1.165, 1.54) is 25.7 Å². The van der Waals surface area contributed by atoms with Crippen molar-refractivity contribution in [2.24, 2.45) is 0 Å². The van der Waals surface area contributed by atoms with Crippen molar-refractivity contribution in [3.8, 4) is 0 Å². The predicted molar refractivity (Wildman–Crippen MR) is 66.1 cm³/mol. The summed E-state index contributed by atoms with van der Waals surface area (Å²) in [7, 11) is 0. The van der Waals surface area contributed by atoms with Gasteiger partial charge < -0.3 is 16.0 Å². The molecule has 84 valence electrons. The number of anilines is 2. The summed E-state index contributed by atoms with van der Waals surface area (Å²) in [6, 6.07) is 6.28. The Kier molecular flexibility index (Phi) is 2.02. The van der Waals surface area contributed by atoms with Crippen LogP contribution in [0.1, 0.15) is 31.7 Å². The third-order valence-corrected chi connectivity index (χ3v) is 3.43. The molecule has 0 unspecified atom stereocenters. The molecule has 0 radical (unpaired) electrons. The number of rotatable bonds is 1. The van der Waals surface area contributed by atoms with Crippen LogP contribution in [0.3, 0.4) is 0 Å². The fraction of sp³-hybridized carbons (Fsp3) is 0.417. The van der Waals surface area contributed by atoms with E-state index in [0.29, 0.717) is 12.0 Å². The monoisotopic (exact) mass is 216 g/mol. The Morgan fingerprint density at radius 3 is 2.69 bits per heavy atom. The lowest BCUT2D eigenvalue weighted by Crippen LogP contribution is -2.08. The zero-order chi connectivity index (χ0) is 11.1. The average Bonchev–Trinajstić information content (AvgIpc) is 2.83. The van der Waals surface area contributed by atoms with Crippen LogP contribution in [0, 0.1) is 0 Å². The highest BCUT2D eigenvalue weighted by atomic mass is 15.2. The van der Waals surface area contributed by atoms with Crippen molar-refractivity contribution >= 4 is 22.7 Å². The minimum atomic E-state index is 0.506. The summed E-state index contributed by atoms with van der Waals surface area (Å²) in [5, 5.41) is 0. The van der Waals surface area contributed by atoms with Crippen LogP contribution in [0.15, 0.2) is 18.2 Å². The number of hydrogen-bond donors (Lipinski definition) is 2. The Balaban J connectivity index is 2.20. The van der Waals surface area contributed by atoms with E-state index in [2.05, 4.69) is 9.55 Å². The van der Waals surface area contributed by atoms with Crippen molar-refractivity contribution in [1.82, 2.24) is 9.55 Å². The van der Waals surface area contributed by atoms with E-state index in [1.54, 1.807) is 0 Å². The molecule has 1 aromatic carbocycles. The molecule has 4 heteroatoms. The van der Waals surface area contributed by atoms with Crippen molar-refractivity contribution in [3.05, 3.63) is 18.2 Å². The van der Waals surface area contributed by atoms with Gasteiger partial charge in [-0.15, -0.1) is 0 Å². The molecule has 4 N–H and O–H groups in total. The SMILES string of the molecule is Nc1ccc2nc(N)n(C3CCCC3)c2c1. The van der Waals surface area contributed by atoms with Gasteiger partial charge in [0.05, 0.1) is 11.0 Å². The lowest BCUT2D eigenvalue weighted by molar-refractivity contribution is 0.539. The third-order valence-electron chi connectivity index (χ3n) is 3.43. The quantitative estimate of drug-likeness (QED) is 0.719. The summed E-state index contributed by atoms with van der Waals surface area (Å²) < 4.78 is 2.15. The van der Waals surface area contributed by atoms with Crippen LogP contribution in [-0.4, -0.2) is 9.55 Å². The number of aromatic nitrogens is 2. The maximum atomic E-state index is 5.99. The van der Waals surface area contributed by atoms with Crippen LogP contribution in [-0.2, 0) is 0 Å². The van der Waals surface area contributed by atoms with Crippen LogP contribution < -0.4 is 11.5 Å². The van der Waals surface area contributed by atoms with Crippen LogP contribution >= 0.6 is 0 Å². The highest BCUT2D eigenvalue weighted by Gasteiger charge is 2.21. The minimum absolute atomic E-state index is 0.506. The molecule has 0 saturated heterocycles. The zero-order valence-corrected chi connectivity index (χ0v) is 9.19. The van der Waals surface area contributed by atoms with Crippen LogP contribution in [0.2, 0.25) is 0 Å². The minimum Gasteiger partial charge on any atom is -0.399 e. The first-order chi connectivity index (χ1) is 7.75. The largest absolute Gasteiger partial charge is 0.399 e. The van der Waals surface area contributed by atoms with Crippen molar-refractivity contribution in [3.63, 3.8) is 0 Å². The van der Waals surface area contributed by atoms with E-state index in [9.17, 15) is 0 Å². The number of benzene rings is 1. The lowest BCUT2D eigenvalue weighted by atomic mass is 10.2. The Bertz CT molecular complexity index is 523. The van der Waals surface area contributed by atoms with Crippen LogP contribution in [0.5, 0.6) is 0 Å². The van der Waals surface area contributed by atoms with Gasteiger partial charge in [0.1, 0.15) is 0 Å². The van der Waals surface area contributed by atoms with Gasteiger partial charge in [0, 0.05) is 11.7 Å². The molecule has 1 heterocycles. The second-order valence-corrected chi connectivity index (χ2v) is 4.53. The van der Waals surface area contributed by atoms with Gasteiger partial charge in [-0.2, -0.15) is 0 Å². The molecule has 3 rings (SSSR count). The number of hydrogen-bond acceptors (Lipinski definition) is 3. The summed E-state index contributed by atoms with van der Waals surface area (Å²) in [6.07, 6.45) is 4.97. The molecule has 2 aromatic rings. The summed E-state index contributed by atoms with van der Waals surface area (Å²) in [6.45, 7) is 0. The highest BCUT2D eigenvalue weighted by Crippen LogP contribution is 2.34. The first-order valence-corrected chi connectivity index (χ1v) is 5.78. The number of nitrogens with zero attached hydrogens (tertiary/aromatic N) is 2. The van der Waals surface area contributed by atoms with Crippen LogP contribution in [0.4, 0.5) is 11.6 Å². The third kappa shape index (κ3) is 1.33. The summed E-state index contributed by atoms with van der Waals surface area (Å²) in [5.41, 5.74) is 14.6. The van der Waals surface area contributed by atoms with Gasteiger partial charge >= 0.3 is 0 Å². The van der Waals surface area contributed by atoms with Crippen molar-refractivity contribution in [2.45, 2.75) is 31.7 Å². The Morgan fingerprint density at radius 2 is 1.94 bits per heavy atom.